The molecule has 0 aliphatic rings. The quantitative estimate of drug-likeness (QED) is 0.581. The van der Waals surface area contributed by atoms with E-state index in [2.05, 4.69) is 38.3 Å². The van der Waals surface area contributed by atoms with E-state index < -0.39 is 19.3 Å². The Balaban J connectivity index is 4.59. The zero-order valence-electron chi connectivity index (χ0n) is 13.3. The molecule has 0 aliphatic heterocycles. The molecule has 0 radical (unpaired) electrons. The van der Waals surface area contributed by atoms with Crippen molar-refractivity contribution in [2.75, 3.05) is 0 Å². The largest absolute Gasteiger partial charge is 0.409 e. The number of hydrogen-bond acceptors (Lipinski definition) is 2. The summed E-state index contributed by atoms with van der Waals surface area (Å²) in [5.41, 5.74) is 0. The van der Waals surface area contributed by atoms with Gasteiger partial charge in [-0.3, -0.25) is 0 Å². The zero-order valence-corrected chi connectivity index (χ0v) is 15.1. The van der Waals surface area contributed by atoms with Crippen molar-refractivity contribution in [3.63, 3.8) is 0 Å². The van der Waals surface area contributed by atoms with Crippen LogP contribution in [0.15, 0.2) is 4.40 Å². The van der Waals surface area contributed by atoms with Crippen molar-refractivity contribution >= 4 is 25.5 Å². The molecular weight excluding hydrogens is 262 g/mol. The lowest BCUT2D eigenvalue weighted by Gasteiger charge is -2.37. The van der Waals surface area contributed by atoms with E-state index >= 15 is 0 Å². The molecular formula is C13H29NO2SSi. The molecule has 5 heteroatoms. The summed E-state index contributed by atoms with van der Waals surface area (Å²) >= 11 is 0. The maximum absolute atomic E-state index is 11.8. The minimum atomic E-state index is -1.78. The average Bonchev–Trinajstić information content (AvgIpc) is 2.09. The van der Waals surface area contributed by atoms with Gasteiger partial charge in [0.1, 0.15) is 11.0 Å². The van der Waals surface area contributed by atoms with Crippen LogP contribution >= 0.6 is 0 Å². The highest BCUT2D eigenvalue weighted by Crippen LogP contribution is 2.37. The standard InChI is InChI=1S/C13H29NO2SSi/c1-11(10-14-17(15)12(2,3)4)16-18(8,9)13(5,6)7/h10-11H,1-9H3/b14-10+/t11-,17?/m1/s1. The van der Waals surface area contributed by atoms with Gasteiger partial charge in [-0.05, 0) is 45.8 Å². The summed E-state index contributed by atoms with van der Waals surface area (Å²) < 4.78 is 21.7. The molecule has 0 saturated heterocycles. The van der Waals surface area contributed by atoms with Crippen LogP contribution in [0.4, 0.5) is 0 Å². The van der Waals surface area contributed by atoms with Crippen molar-refractivity contribution in [3.8, 4) is 0 Å². The van der Waals surface area contributed by atoms with E-state index in [1.807, 2.05) is 27.7 Å². The Morgan fingerprint density at radius 3 is 1.94 bits per heavy atom. The second-order valence-corrected chi connectivity index (χ2v) is 13.9. The fourth-order valence-electron chi connectivity index (χ4n) is 0.971. The molecule has 0 aromatic carbocycles. The Bertz CT molecular complexity index is 327. The molecule has 0 heterocycles. The summed E-state index contributed by atoms with van der Waals surface area (Å²) in [5.74, 6) is 0. The molecule has 0 aromatic rings. The van der Waals surface area contributed by atoms with Crippen LogP contribution in [0.5, 0.6) is 0 Å². The van der Waals surface area contributed by atoms with Gasteiger partial charge in [0.25, 0.3) is 0 Å². The molecule has 2 atom stereocenters. The second-order valence-electron chi connectivity index (χ2n) is 7.20. The van der Waals surface area contributed by atoms with Crippen molar-refractivity contribution in [3.05, 3.63) is 0 Å². The van der Waals surface area contributed by atoms with E-state index in [-0.39, 0.29) is 15.9 Å². The average molecular weight is 292 g/mol. The third kappa shape index (κ3) is 5.76. The Morgan fingerprint density at radius 2 is 1.61 bits per heavy atom. The fraction of sp³-hybridized carbons (Fsp3) is 0.923. The topological polar surface area (TPSA) is 38.7 Å². The lowest BCUT2D eigenvalue weighted by Crippen LogP contribution is -2.43. The third-order valence-electron chi connectivity index (χ3n) is 3.18. The van der Waals surface area contributed by atoms with Gasteiger partial charge in [0, 0.05) is 6.21 Å². The van der Waals surface area contributed by atoms with Gasteiger partial charge in [0.2, 0.25) is 0 Å². The minimum Gasteiger partial charge on any atom is -0.409 e. The summed E-state index contributed by atoms with van der Waals surface area (Å²) in [5, 5.41) is 0.179. The normalized spacial score (nSPS) is 18.1. The Morgan fingerprint density at radius 1 is 1.17 bits per heavy atom. The van der Waals surface area contributed by atoms with Gasteiger partial charge in [-0.25, -0.2) is 4.21 Å². The van der Waals surface area contributed by atoms with Crippen LogP contribution < -0.4 is 0 Å². The van der Waals surface area contributed by atoms with Crippen LogP contribution in [-0.2, 0) is 15.4 Å². The van der Waals surface area contributed by atoms with Crippen LogP contribution in [-0.4, -0.2) is 29.6 Å². The zero-order chi connectivity index (χ0) is 14.8. The molecule has 18 heavy (non-hydrogen) atoms. The first-order valence-corrected chi connectivity index (χ1v) is 10.4. The molecule has 0 fully saturated rings. The highest BCUT2D eigenvalue weighted by molar-refractivity contribution is 7.85. The van der Waals surface area contributed by atoms with Gasteiger partial charge in [-0.1, -0.05) is 20.8 Å². The molecule has 0 spiro atoms. The van der Waals surface area contributed by atoms with Crippen LogP contribution in [0.1, 0.15) is 48.5 Å². The summed E-state index contributed by atoms with van der Waals surface area (Å²) in [7, 11) is -2.98. The monoisotopic (exact) mass is 291 g/mol. The lowest BCUT2D eigenvalue weighted by molar-refractivity contribution is 0.264. The van der Waals surface area contributed by atoms with Crippen molar-refractivity contribution < 1.29 is 8.63 Å². The predicted molar refractivity (Wildman–Crippen MR) is 84.1 cm³/mol. The van der Waals surface area contributed by atoms with Crippen molar-refractivity contribution in [2.45, 2.75) is 77.4 Å². The van der Waals surface area contributed by atoms with Gasteiger partial charge >= 0.3 is 0 Å². The molecule has 3 nitrogen and oxygen atoms in total. The first-order valence-electron chi connectivity index (χ1n) is 6.41. The predicted octanol–water partition coefficient (Wildman–Crippen LogP) is 3.93. The van der Waals surface area contributed by atoms with Crippen LogP contribution in [0.3, 0.4) is 0 Å². The molecule has 0 amide bonds. The second kappa shape index (κ2) is 5.97. The first-order chi connectivity index (χ1) is 7.77. The molecule has 0 bridgehead atoms. The van der Waals surface area contributed by atoms with Gasteiger partial charge in [-0.2, -0.15) is 4.40 Å². The molecule has 0 rings (SSSR count). The first kappa shape index (κ1) is 18.0. The third-order valence-corrected chi connectivity index (χ3v) is 9.11. The summed E-state index contributed by atoms with van der Waals surface area (Å²) in [6, 6.07) is 0. The van der Waals surface area contributed by atoms with Gasteiger partial charge in [0.15, 0.2) is 8.32 Å². The Kier molecular flexibility index (Phi) is 5.97. The fourth-order valence-corrected chi connectivity index (χ4v) is 2.91. The maximum Gasteiger partial charge on any atom is 0.192 e. The van der Waals surface area contributed by atoms with Crippen molar-refractivity contribution in [1.82, 2.24) is 0 Å². The minimum absolute atomic E-state index is 0.0859. The molecule has 0 N–H and O–H groups in total. The molecule has 108 valence electrons. The smallest absolute Gasteiger partial charge is 0.192 e. The van der Waals surface area contributed by atoms with E-state index in [0.29, 0.717) is 0 Å². The van der Waals surface area contributed by atoms with E-state index in [0.717, 1.165) is 0 Å². The van der Waals surface area contributed by atoms with E-state index in [1.54, 1.807) is 6.21 Å². The van der Waals surface area contributed by atoms with E-state index in [1.165, 1.54) is 0 Å². The SMILES string of the molecule is C[C@H](/C=N/S(=O)C(C)(C)C)O[Si](C)(C)C(C)(C)C. The van der Waals surface area contributed by atoms with Gasteiger partial charge in [0.05, 0.1) is 10.9 Å². The van der Waals surface area contributed by atoms with E-state index in [9.17, 15) is 4.21 Å². The highest BCUT2D eigenvalue weighted by Gasteiger charge is 2.38. The summed E-state index contributed by atoms with van der Waals surface area (Å²) in [6.07, 6.45) is 1.60. The molecule has 1 unspecified atom stereocenters. The van der Waals surface area contributed by atoms with Gasteiger partial charge < -0.3 is 4.43 Å². The number of rotatable bonds is 4. The summed E-state index contributed by atoms with van der Waals surface area (Å²) in [4.78, 5) is 0. The van der Waals surface area contributed by atoms with Crippen molar-refractivity contribution in [2.24, 2.45) is 4.40 Å². The molecule has 0 aromatic heterocycles. The molecule has 0 aliphatic carbocycles. The lowest BCUT2D eigenvalue weighted by atomic mass is 10.2. The van der Waals surface area contributed by atoms with Crippen LogP contribution in [0.25, 0.3) is 0 Å². The Labute approximate surface area is 116 Å². The highest BCUT2D eigenvalue weighted by atomic mass is 32.2. The maximum atomic E-state index is 11.8. The molecule has 0 saturated carbocycles. The van der Waals surface area contributed by atoms with Crippen molar-refractivity contribution in [1.29, 1.82) is 0 Å². The van der Waals surface area contributed by atoms with Crippen LogP contribution in [0, 0.1) is 0 Å². The number of hydrogen-bond donors (Lipinski definition) is 0. The number of nitrogens with zero attached hydrogens (tertiary/aromatic N) is 1. The summed E-state index contributed by atoms with van der Waals surface area (Å²) in [6.45, 7) is 18.7. The van der Waals surface area contributed by atoms with Crippen LogP contribution in [0.2, 0.25) is 18.1 Å². The van der Waals surface area contributed by atoms with Gasteiger partial charge in [-0.15, -0.1) is 0 Å². The van der Waals surface area contributed by atoms with E-state index in [4.69, 9.17) is 4.43 Å². The Hall–Kier alpha value is -0.00312.